The number of hydrogen-bond acceptors (Lipinski definition) is 4. The van der Waals surface area contributed by atoms with Crippen molar-refractivity contribution < 1.29 is 19.1 Å². The molecule has 3 aromatic carbocycles. The first kappa shape index (κ1) is 17.0. The number of Topliss-reactive ketones (excluding diaryl/α,β-unsaturated/α-hetero) is 1. The molecule has 0 spiro atoms. The highest BCUT2D eigenvalue weighted by atomic mass is 16.7. The second kappa shape index (κ2) is 8.32. The van der Waals surface area contributed by atoms with Gasteiger partial charge in [-0.2, -0.15) is 0 Å². The van der Waals surface area contributed by atoms with E-state index in [1.54, 1.807) is 60.7 Å². The Hall–Kier alpha value is -3.84. The van der Waals surface area contributed by atoms with Crippen molar-refractivity contribution in [1.29, 1.82) is 0 Å². The SMILES string of the molecule is O=C(Oc1ccccc1)Oc1ccccc1C(=O)C#Cc1ccccc1. The van der Waals surface area contributed by atoms with Crippen LogP contribution in [0.1, 0.15) is 15.9 Å². The molecule has 0 aromatic heterocycles. The smallest absolute Gasteiger partial charge is 0.395 e. The van der Waals surface area contributed by atoms with Crippen molar-refractivity contribution in [2.75, 3.05) is 0 Å². The van der Waals surface area contributed by atoms with Crippen LogP contribution in [0, 0.1) is 11.8 Å². The Morgan fingerprint density at radius 3 is 2.04 bits per heavy atom. The van der Waals surface area contributed by atoms with Crippen molar-refractivity contribution >= 4 is 11.9 Å². The van der Waals surface area contributed by atoms with Gasteiger partial charge in [-0.3, -0.25) is 4.79 Å². The molecule has 4 nitrogen and oxygen atoms in total. The lowest BCUT2D eigenvalue weighted by molar-refractivity contribution is 0.105. The molecule has 26 heavy (non-hydrogen) atoms. The summed E-state index contributed by atoms with van der Waals surface area (Å²) in [5.74, 6) is 5.35. The maximum Gasteiger partial charge on any atom is 0.519 e. The Kier molecular flexibility index (Phi) is 5.44. The van der Waals surface area contributed by atoms with Crippen LogP contribution in [0.15, 0.2) is 84.9 Å². The van der Waals surface area contributed by atoms with Crippen molar-refractivity contribution in [3.63, 3.8) is 0 Å². The van der Waals surface area contributed by atoms with E-state index in [4.69, 9.17) is 9.47 Å². The van der Waals surface area contributed by atoms with Crippen molar-refractivity contribution in [3.8, 4) is 23.3 Å². The number of benzene rings is 3. The highest BCUT2D eigenvalue weighted by Gasteiger charge is 2.15. The van der Waals surface area contributed by atoms with Gasteiger partial charge in [0.2, 0.25) is 5.78 Å². The van der Waals surface area contributed by atoms with Gasteiger partial charge >= 0.3 is 6.16 Å². The quantitative estimate of drug-likeness (QED) is 0.304. The largest absolute Gasteiger partial charge is 0.519 e. The molecule has 0 unspecified atom stereocenters. The van der Waals surface area contributed by atoms with Gasteiger partial charge in [0, 0.05) is 5.56 Å². The molecule has 0 aliphatic carbocycles. The third-order valence-electron chi connectivity index (χ3n) is 3.36. The molecule has 0 atom stereocenters. The number of para-hydroxylation sites is 2. The van der Waals surface area contributed by atoms with Crippen LogP contribution >= 0.6 is 0 Å². The fourth-order valence-corrected chi connectivity index (χ4v) is 2.16. The molecule has 0 bridgehead atoms. The maximum absolute atomic E-state index is 12.4. The summed E-state index contributed by atoms with van der Waals surface area (Å²) in [5.41, 5.74) is 0.920. The van der Waals surface area contributed by atoms with Gasteiger partial charge in [0.25, 0.3) is 0 Å². The zero-order valence-corrected chi connectivity index (χ0v) is 13.7. The van der Waals surface area contributed by atoms with Crippen LogP contribution in [-0.4, -0.2) is 11.9 Å². The Labute approximate surface area is 151 Å². The number of ether oxygens (including phenoxy) is 2. The van der Waals surface area contributed by atoms with Gasteiger partial charge < -0.3 is 9.47 Å². The fourth-order valence-electron chi connectivity index (χ4n) is 2.16. The monoisotopic (exact) mass is 342 g/mol. The molecule has 0 aliphatic heterocycles. The Balaban J connectivity index is 1.75. The average molecular weight is 342 g/mol. The summed E-state index contributed by atoms with van der Waals surface area (Å²) in [5, 5.41) is 0. The predicted molar refractivity (Wildman–Crippen MR) is 97.2 cm³/mol. The lowest BCUT2D eigenvalue weighted by Gasteiger charge is -2.07. The fraction of sp³-hybridized carbons (Fsp3) is 0. The zero-order chi connectivity index (χ0) is 18.2. The second-order valence-electron chi connectivity index (χ2n) is 5.21. The third-order valence-corrected chi connectivity index (χ3v) is 3.36. The number of carbonyl (C=O) groups is 2. The molecule has 0 radical (unpaired) electrons. The highest BCUT2D eigenvalue weighted by Crippen LogP contribution is 2.20. The second-order valence-corrected chi connectivity index (χ2v) is 5.21. The van der Waals surface area contributed by atoms with Crippen LogP contribution < -0.4 is 9.47 Å². The number of ketones is 1. The Morgan fingerprint density at radius 2 is 1.31 bits per heavy atom. The molecule has 0 fully saturated rings. The molecule has 3 aromatic rings. The minimum atomic E-state index is -0.924. The van der Waals surface area contributed by atoms with E-state index in [1.807, 2.05) is 18.2 Å². The summed E-state index contributed by atoms with van der Waals surface area (Å²) in [6, 6.07) is 24.1. The van der Waals surface area contributed by atoms with E-state index < -0.39 is 11.9 Å². The molecule has 0 heterocycles. The van der Waals surface area contributed by atoms with Crippen molar-refractivity contribution in [2.24, 2.45) is 0 Å². The molecular weight excluding hydrogens is 328 g/mol. The highest BCUT2D eigenvalue weighted by molar-refractivity contribution is 6.11. The maximum atomic E-state index is 12.4. The van der Waals surface area contributed by atoms with Gasteiger partial charge in [0.1, 0.15) is 11.5 Å². The van der Waals surface area contributed by atoms with Gasteiger partial charge in [0.05, 0.1) is 5.56 Å². The summed E-state index contributed by atoms with van der Waals surface area (Å²) in [6.45, 7) is 0. The van der Waals surface area contributed by atoms with E-state index in [9.17, 15) is 9.59 Å². The van der Waals surface area contributed by atoms with Crippen molar-refractivity contribution in [3.05, 3.63) is 96.1 Å². The minimum absolute atomic E-state index is 0.0980. The summed E-state index contributed by atoms with van der Waals surface area (Å²) in [7, 11) is 0. The van der Waals surface area contributed by atoms with Crippen LogP contribution in [0.4, 0.5) is 4.79 Å². The normalized spacial score (nSPS) is 9.54. The topological polar surface area (TPSA) is 52.6 Å². The van der Waals surface area contributed by atoms with Crippen LogP contribution in [0.2, 0.25) is 0 Å². The summed E-state index contributed by atoms with van der Waals surface area (Å²) in [6.07, 6.45) is -0.924. The summed E-state index contributed by atoms with van der Waals surface area (Å²) < 4.78 is 10.2. The number of rotatable bonds is 3. The summed E-state index contributed by atoms with van der Waals surface area (Å²) in [4.78, 5) is 24.3. The Bertz CT molecular complexity index is 967. The first-order chi connectivity index (χ1) is 12.7. The standard InChI is InChI=1S/C22H14O4/c23-20(16-15-17-9-3-1-4-10-17)19-13-7-8-14-21(19)26-22(24)25-18-11-5-2-6-12-18/h1-14H. The van der Waals surface area contributed by atoms with E-state index in [0.717, 1.165) is 5.56 Å². The molecule has 0 aliphatic rings. The zero-order valence-electron chi connectivity index (χ0n) is 13.7. The number of carbonyl (C=O) groups excluding carboxylic acids is 2. The van der Waals surface area contributed by atoms with E-state index in [2.05, 4.69) is 11.8 Å². The third kappa shape index (κ3) is 4.59. The first-order valence-electron chi connectivity index (χ1n) is 7.87. The number of hydrogen-bond donors (Lipinski definition) is 0. The predicted octanol–water partition coefficient (Wildman–Crippen LogP) is 4.50. The molecule has 0 amide bonds. The molecule has 126 valence electrons. The van der Waals surface area contributed by atoms with E-state index in [-0.39, 0.29) is 11.3 Å². The van der Waals surface area contributed by atoms with Gasteiger partial charge in [0.15, 0.2) is 0 Å². The van der Waals surface area contributed by atoms with Gasteiger partial charge in [-0.1, -0.05) is 54.5 Å². The molecule has 0 saturated carbocycles. The van der Waals surface area contributed by atoms with E-state index in [1.165, 1.54) is 6.07 Å². The Morgan fingerprint density at radius 1 is 0.692 bits per heavy atom. The molecule has 0 N–H and O–H groups in total. The molecule has 3 rings (SSSR count). The van der Waals surface area contributed by atoms with E-state index >= 15 is 0 Å². The van der Waals surface area contributed by atoms with Gasteiger partial charge in [-0.05, 0) is 42.3 Å². The molecular formula is C22H14O4. The minimum Gasteiger partial charge on any atom is -0.395 e. The van der Waals surface area contributed by atoms with Gasteiger partial charge in [-0.15, -0.1) is 0 Å². The van der Waals surface area contributed by atoms with Crippen LogP contribution in [-0.2, 0) is 0 Å². The first-order valence-corrected chi connectivity index (χ1v) is 7.87. The summed E-state index contributed by atoms with van der Waals surface area (Å²) >= 11 is 0. The van der Waals surface area contributed by atoms with Crippen molar-refractivity contribution in [2.45, 2.75) is 0 Å². The van der Waals surface area contributed by atoms with Crippen molar-refractivity contribution in [1.82, 2.24) is 0 Å². The van der Waals surface area contributed by atoms with E-state index in [0.29, 0.717) is 5.75 Å². The van der Waals surface area contributed by atoms with Crippen LogP contribution in [0.3, 0.4) is 0 Å². The van der Waals surface area contributed by atoms with Crippen LogP contribution in [0.5, 0.6) is 11.5 Å². The van der Waals surface area contributed by atoms with Gasteiger partial charge in [-0.25, -0.2) is 4.79 Å². The molecule has 4 heteroatoms. The lowest BCUT2D eigenvalue weighted by atomic mass is 10.1. The molecule has 0 saturated heterocycles. The average Bonchev–Trinajstić information content (AvgIpc) is 2.68. The van der Waals surface area contributed by atoms with Crippen LogP contribution in [0.25, 0.3) is 0 Å². The lowest BCUT2D eigenvalue weighted by Crippen LogP contribution is -2.15.